The molecule has 6 nitrogen and oxygen atoms in total. The van der Waals surface area contributed by atoms with E-state index in [-0.39, 0.29) is 10.6 Å². The zero-order valence-electron chi connectivity index (χ0n) is 11.4. The summed E-state index contributed by atoms with van der Waals surface area (Å²) in [6.07, 6.45) is 1.37. The second-order valence-electron chi connectivity index (χ2n) is 3.99. The maximum absolute atomic E-state index is 12.1. The normalized spacial score (nSPS) is 11.6. The van der Waals surface area contributed by atoms with Crippen LogP contribution < -0.4 is 5.32 Å². The van der Waals surface area contributed by atoms with Gasteiger partial charge in [0.2, 0.25) is 0 Å². The van der Waals surface area contributed by atoms with Crippen LogP contribution in [0.5, 0.6) is 0 Å². The monoisotopic (exact) mass is 331 g/mol. The molecule has 0 radical (unpaired) electrons. The molecule has 0 aliphatic carbocycles. The first kappa shape index (κ1) is 17.3. The Bertz CT molecular complexity index is 563. The number of esters is 1. The number of halogens is 1. The fourth-order valence-corrected chi connectivity index (χ4v) is 2.13. The zero-order valence-corrected chi connectivity index (χ0v) is 13.0. The minimum Gasteiger partial charge on any atom is -0.480 e. The Balaban J connectivity index is 2.91. The van der Waals surface area contributed by atoms with Gasteiger partial charge < -0.3 is 15.2 Å². The summed E-state index contributed by atoms with van der Waals surface area (Å²) in [7, 11) is 1.14. The van der Waals surface area contributed by atoms with Gasteiger partial charge in [0.05, 0.1) is 24.1 Å². The Morgan fingerprint density at radius 1 is 1.43 bits per heavy atom. The van der Waals surface area contributed by atoms with Gasteiger partial charge in [0.1, 0.15) is 6.04 Å². The van der Waals surface area contributed by atoms with Gasteiger partial charge in [0.25, 0.3) is 5.91 Å². The van der Waals surface area contributed by atoms with Gasteiger partial charge in [-0.2, -0.15) is 0 Å². The molecule has 1 atom stereocenters. The van der Waals surface area contributed by atoms with Crippen molar-refractivity contribution in [2.45, 2.75) is 17.4 Å². The first-order chi connectivity index (χ1) is 9.88. The molecule has 0 fully saturated rings. The molecule has 2 N–H and O–H groups in total. The van der Waals surface area contributed by atoms with Crippen LogP contribution in [-0.4, -0.2) is 42.4 Å². The van der Waals surface area contributed by atoms with Crippen molar-refractivity contribution in [3.63, 3.8) is 0 Å². The molecule has 0 aliphatic heterocycles. The van der Waals surface area contributed by atoms with E-state index < -0.39 is 30.3 Å². The van der Waals surface area contributed by atoms with Gasteiger partial charge in [-0.3, -0.25) is 9.59 Å². The molecule has 8 heteroatoms. The third-order valence-electron chi connectivity index (χ3n) is 2.62. The average molecular weight is 332 g/mol. The maximum atomic E-state index is 12.1. The van der Waals surface area contributed by atoms with Crippen LogP contribution in [0, 0.1) is 0 Å². The zero-order chi connectivity index (χ0) is 16.0. The Kier molecular flexibility index (Phi) is 6.51. The highest BCUT2D eigenvalue weighted by Crippen LogP contribution is 2.23. The number of rotatable bonds is 6. The van der Waals surface area contributed by atoms with E-state index in [0.29, 0.717) is 0 Å². The van der Waals surface area contributed by atoms with Crippen LogP contribution >= 0.6 is 23.4 Å². The fraction of sp³-hybridized carbons (Fsp3) is 0.308. The van der Waals surface area contributed by atoms with Crippen LogP contribution in [0.15, 0.2) is 23.1 Å². The second kappa shape index (κ2) is 7.90. The third-order valence-corrected chi connectivity index (χ3v) is 3.67. The first-order valence-corrected chi connectivity index (χ1v) is 7.43. The molecule has 0 bridgehead atoms. The van der Waals surface area contributed by atoms with Crippen molar-refractivity contribution >= 4 is 41.2 Å². The van der Waals surface area contributed by atoms with Crippen molar-refractivity contribution < 1.29 is 24.2 Å². The molecule has 1 rings (SSSR count). The first-order valence-electron chi connectivity index (χ1n) is 5.83. The molecule has 21 heavy (non-hydrogen) atoms. The van der Waals surface area contributed by atoms with Crippen molar-refractivity contribution in [2.75, 3.05) is 13.4 Å². The Hall–Kier alpha value is -1.73. The molecule has 0 saturated heterocycles. The van der Waals surface area contributed by atoms with Crippen LogP contribution in [0.1, 0.15) is 16.8 Å². The fourth-order valence-electron chi connectivity index (χ4n) is 1.49. The van der Waals surface area contributed by atoms with Gasteiger partial charge in [-0.25, -0.2) is 4.79 Å². The van der Waals surface area contributed by atoms with Gasteiger partial charge in [0.15, 0.2) is 0 Å². The summed E-state index contributed by atoms with van der Waals surface area (Å²) in [6, 6.07) is 3.48. The van der Waals surface area contributed by atoms with Gasteiger partial charge in [-0.05, 0) is 24.5 Å². The summed E-state index contributed by atoms with van der Waals surface area (Å²) in [6.45, 7) is 0. The largest absolute Gasteiger partial charge is 0.480 e. The number of hydrogen-bond acceptors (Lipinski definition) is 5. The highest BCUT2D eigenvalue weighted by Gasteiger charge is 2.25. The molecular weight excluding hydrogens is 318 g/mol. The number of hydrogen-bond donors (Lipinski definition) is 2. The van der Waals surface area contributed by atoms with Gasteiger partial charge >= 0.3 is 11.9 Å². The summed E-state index contributed by atoms with van der Waals surface area (Å²) in [5, 5.41) is 11.5. The molecule has 1 aromatic carbocycles. The summed E-state index contributed by atoms with van der Waals surface area (Å²) in [5.74, 6) is -2.72. The Morgan fingerprint density at radius 3 is 2.62 bits per heavy atom. The van der Waals surface area contributed by atoms with Gasteiger partial charge in [-0.15, -0.1) is 11.8 Å². The number of amides is 1. The lowest BCUT2D eigenvalue weighted by atomic mass is 10.1. The van der Waals surface area contributed by atoms with Crippen LogP contribution in [0.4, 0.5) is 0 Å². The summed E-state index contributed by atoms with van der Waals surface area (Å²) in [4.78, 5) is 35.1. The topological polar surface area (TPSA) is 92.7 Å². The quantitative estimate of drug-likeness (QED) is 0.610. The molecule has 0 spiro atoms. The second-order valence-corrected chi connectivity index (χ2v) is 5.28. The molecule has 1 amide bonds. The molecule has 0 aliphatic rings. The van der Waals surface area contributed by atoms with Crippen LogP contribution in [0.2, 0.25) is 5.02 Å². The van der Waals surface area contributed by atoms with E-state index in [1.165, 1.54) is 11.8 Å². The number of carbonyl (C=O) groups is 3. The summed E-state index contributed by atoms with van der Waals surface area (Å²) >= 11 is 7.35. The molecule has 1 aromatic rings. The predicted octanol–water partition coefficient (Wildman–Crippen LogP) is 1.81. The van der Waals surface area contributed by atoms with Crippen LogP contribution in [0.25, 0.3) is 0 Å². The number of carboxylic acid groups (broad SMARTS) is 1. The molecular formula is C13H14ClNO5S. The minimum absolute atomic E-state index is 0.152. The lowest BCUT2D eigenvalue weighted by Gasteiger charge is -2.14. The van der Waals surface area contributed by atoms with Gasteiger partial charge in [0, 0.05) is 4.90 Å². The van der Waals surface area contributed by atoms with E-state index in [1.54, 1.807) is 18.2 Å². The molecule has 0 saturated carbocycles. The number of ether oxygens (including phenoxy) is 1. The van der Waals surface area contributed by atoms with Gasteiger partial charge in [-0.1, -0.05) is 11.6 Å². The highest BCUT2D eigenvalue weighted by molar-refractivity contribution is 7.98. The number of carbonyl (C=O) groups excluding carboxylic acids is 2. The standard InChI is InChI=1S/C13H14ClNO5S/c1-20-11(16)6-10(13(18)19)15-12(17)8-5-7(21-2)3-4-9(8)14/h3-5,10H,6H2,1-2H3,(H,15,17)(H,18,19)/t10-/m0/s1. The number of aliphatic carboxylic acids is 1. The lowest BCUT2D eigenvalue weighted by molar-refractivity contribution is -0.147. The smallest absolute Gasteiger partial charge is 0.326 e. The van der Waals surface area contributed by atoms with Crippen molar-refractivity contribution in [3.8, 4) is 0 Å². The number of benzene rings is 1. The van der Waals surface area contributed by atoms with Crippen LogP contribution in [-0.2, 0) is 14.3 Å². The third kappa shape index (κ3) is 4.95. The summed E-state index contributed by atoms with van der Waals surface area (Å²) in [5.41, 5.74) is 0.152. The number of nitrogens with one attached hydrogen (secondary N) is 1. The van der Waals surface area contributed by atoms with Crippen molar-refractivity contribution in [1.29, 1.82) is 0 Å². The Morgan fingerprint density at radius 2 is 2.10 bits per heavy atom. The van der Waals surface area contributed by atoms with Crippen molar-refractivity contribution in [3.05, 3.63) is 28.8 Å². The number of thioether (sulfide) groups is 1. The van der Waals surface area contributed by atoms with E-state index in [0.717, 1.165) is 12.0 Å². The summed E-state index contributed by atoms with van der Waals surface area (Å²) < 4.78 is 4.40. The van der Waals surface area contributed by atoms with Crippen LogP contribution in [0.3, 0.4) is 0 Å². The highest BCUT2D eigenvalue weighted by atomic mass is 35.5. The lowest BCUT2D eigenvalue weighted by Crippen LogP contribution is -2.42. The van der Waals surface area contributed by atoms with E-state index in [9.17, 15) is 14.4 Å². The van der Waals surface area contributed by atoms with E-state index >= 15 is 0 Å². The van der Waals surface area contributed by atoms with Crippen molar-refractivity contribution in [2.24, 2.45) is 0 Å². The molecule has 0 unspecified atom stereocenters. The number of carboxylic acids is 1. The van der Waals surface area contributed by atoms with E-state index in [4.69, 9.17) is 16.7 Å². The van der Waals surface area contributed by atoms with E-state index in [1.807, 2.05) is 6.26 Å². The molecule has 0 heterocycles. The van der Waals surface area contributed by atoms with E-state index in [2.05, 4.69) is 10.1 Å². The minimum atomic E-state index is -1.38. The molecule has 114 valence electrons. The maximum Gasteiger partial charge on any atom is 0.326 e. The average Bonchev–Trinajstić information content (AvgIpc) is 2.46. The molecule has 0 aromatic heterocycles. The SMILES string of the molecule is COC(=O)C[C@H](NC(=O)c1cc(SC)ccc1Cl)C(=O)O. The number of methoxy groups -OCH3 is 1. The Labute approximate surface area is 130 Å². The van der Waals surface area contributed by atoms with Crippen molar-refractivity contribution in [1.82, 2.24) is 5.32 Å². The predicted molar refractivity (Wildman–Crippen MR) is 78.8 cm³/mol.